The first-order chi connectivity index (χ1) is 19.4. The van der Waals surface area contributed by atoms with E-state index in [1.165, 1.54) is 27.9 Å². The lowest BCUT2D eigenvalue weighted by Crippen LogP contribution is -2.65. The summed E-state index contributed by atoms with van der Waals surface area (Å²) in [5.41, 5.74) is -1.11. The Kier molecular flexibility index (Phi) is 6.76. The van der Waals surface area contributed by atoms with E-state index in [1.807, 2.05) is 4.90 Å². The number of anilines is 2. The molecule has 41 heavy (non-hydrogen) atoms. The highest BCUT2D eigenvalue weighted by Crippen LogP contribution is 2.36. The van der Waals surface area contributed by atoms with Crippen molar-refractivity contribution in [2.45, 2.75) is 50.1 Å². The fourth-order valence-electron chi connectivity index (χ4n) is 5.79. The van der Waals surface area contributed by atoms with Gasteiger partial charge in [0.25, 0.3) is 6.43 Å². The van der Waals surface area contributed by atoms with Gasteiger partial charge in [-0.2, -0.15) is 28.2 Å². The zero-order valence-corrected chi connectivity index (χ0v) is 22.2. The molecule has 2 aromatic heterocycles. The third kappa shape index (κ3) is 5.52. The maximum absolute atomic E-state index is 13.4. The van der Waals surface area contributed by atoms with Crippen LogP contribution in [0.4, 0.5) is 33.7 Å². The topological polar surface area (TPSA) is 103 Å². The van der Waals surface area contributed by atoms with Crippen LogP contribution >= 0.6 is 0 Å². The fraction of sp³-hybridized carbons (Fsp3) is 0.538. The molecule has 4 heterocycles. The van der Waals surface area contributed by atoms with Crippen LogP contribution in [0.15, 0.2) is 30.5 Å². The molecule has 1 saturated carbocycles. The smallest absolute Gasteiger partial charge is 0.390 e. The average Bonchev–Trinajstić information content (AvgIpc) is 3.26. The molecular weight excluding hydrogens is 551 g/mol. The minimum atomic E-state index is -4.53. The summed E-state index contributed by atoms with van der Waals surface area (Å²) in [4.78, 5) is 27.0. The summed E-state index contributed by atoms with van der Waals surface area (Å²) < 4.78 is 67.0. The van der Waals surface area contributed by atoms with Crippen molar-refractivity contribution >= 4 is 28.7 Å². The molecule has 2 saturated heterocycles. The number of nitrogens with zero attached hydrogens (tertiary/aromatic N) is 7. The van der Waals surface area contributed by atoms with E-state index in [2.05, 4.69) is 15.4 Å². The van der Waals surface area contributed by atoms with Crippen molar-refractivity contribution in [3.63, 3.8) is 0 Å². The van der Waals surface area contributed by atoms with Gasteiger partial charge >= 0.3 is 6.18 Å². The number of fused-ring (bicyclic) bond motifs is 1. The van der Waals surface area contributed by atoms with Crippen molar-refractivity contribution in [3.8, 4) is 5.69 Å². The Morgan fingerprint density at radius 2 is 1.93 bits per heavy atom. The van der Waals surface area contributed by atoms with Crippen molar-refractivity contribution in [3.05, 3.63) is 36.0 Å². The maximum atomic E-state index is 13.4. The third-order valence-electron chi connectivity index (χ3n) is 7.87. The first kappa shape index (κ1) is 27.6. The number of carbonyl (C=O) groups excluding carboxylic acids is 1. The Bertz CT molecular complexity index is 1450. The number of halogens is 5. The molecule has 0 bridgehead atoms. The Hall–Kier alpha value is -3.59. The van der Waals surface area contributed by atoms with E-state index in [1.54, 1.807) is 11.8 Å². The van der Waals surface area contributed by atoms with Crippen LogP contribution in [0.1, 0.15) is 25.3 Å². The molecule has 3 aromatic rings. The average molecular weight is 581 g/mol. The van der Waals surface area contributed by atoms with Gasteiger partial charge in [0.2, 0.25) is 11.9 Å². The minimum absolute atomic E-state index is 0.0540. The van der Waals surface area contributed by atoms with Crippen molar-refractivity contribution in [1.29, 1.82) is 0 Å². The normalized spacial score (nSPS) is 24.2. The second kappa shape index (κ2) is 10.0. The molecule has 6 rings (SSSR count). The fourth-order valence-corrected chi connectivity index (χ4v) is 5.79. The van der Waals surface area contributed by atoms with Crippen LogP contribution in [-0.2, 0) is 11.0 Å². The zero-order valence-electron chi connectivity index (χ0n) is 22.2. The molecule has 2 N–H and O–H groups in total. The van der Waals surface area contributed by atoms with Gasteiger partial charge in [0.05, 0.1) is 47.6 Å². The second-order valence-electron chi connectivity index (χ2n) is 11.2. The van der Waals surface area contributed by atoms with Gasteiger partial charge in [-0.15, -0.1) is 0 Å². The second-order valence-corrected chi connectivity index (χ2v) is 11.2. The molecular formula is C26H29F5N8O2. The van der Waals surface area contributed by atoms with Crippen LogP contribution in [0.5, 0.6) is 0 Å². The van der Waals surface area contributed by atoms with E-state index in [4.69, 9.17) is 4.98 Å². The van der Waals surface area contributed by atoms with Crippen molar-refractivity contribution in [2.75, 3.05) is 49.5 Å². The van der Waals surface area contributed by atoms with Gasteiger partial charge in [-0.1, -0.05) is 6.07 Å². The van der Waals surface area contributed by atoms with E-state index in [-0.39, 0.29) is 36.2 Å². The molecule has 0 unspecified atom stereocenters. The van der Waals surface area contributed by atoms with Gasteiger partial charge in [-0.05, 0) is 38.0 Å². The molecule has 0 atom stereocenters. The molecule has 1 aliphatic carbocycles. The summed E-state index contributed by atoms with van der Waals surface area (Å²) in [7, 11) is 0. The van der Waals surface area contributed by atoms with Gasteiger partial charge in [0.15, 0.2) is 5.65 Å². The molecule has 1 amide bonds. The van der Waals surface area contributed by atoms with E-state index >= 15 is 0 Å². The van der Waals surface area contributed by atoms with Gasteiger partial charge in [-0.3, -0.25) is 9.69 Å². The van der Waals surface area contributed by atoms with Gasteiger partial charge < -0.3 is 20.2 Å². The summed E-state index contributed by atoms with van der Waals surface area (Å²) in [6.45, 7) is 2.85. The van der Waals surface area contributed by atoms with Gasteiger partial charge in [0, 0.05) is 32.2 Å². The number of aromatic nitrogens is 4. The molecule has 3 aliphatic rings. The van der Waals surface area contributed by atoms with E-state index in [0.717, 1.165) is 12.1 Å². The molecule has 0 spiro atoms. The molecule has 10 nitrogen and oxygen atoms in total. The highest BCUT2D eigenvalue weighted by molar-refractivity contribution is 5.90. The van der Waals surface area contributed by atoms with Gasteiger partial charge in [0.1, 0.15) is 5.82 Å². The van der Waals surface area contributed by atoms with Crippen LogP contribution in [-0.4, -0.2) is 104 Å². The van der Waals surface area contributed by atoms with Crippen LogP contribution in [0.25, 0.3) is 16.7 Å². The number of piperazine rings is 1. The number of benzene rings is 1. The molecule has 220 valence electrons. The van der Waals surface area contributed by atoms with E-state index in [9.17, 15) is 31.9 Å². The number of hydrogen-bond acceptors (Lipinski definition) is 8. The zero-order chi connectivity index (χ0) is 29.1. The first-order valence-electron chi connectivity index (χ1n) is 13.3. The predicted octanol–water partition coefficient (Wildman–Crippen LogP) is 2.76. The van der Waals surface area contributed by atoms with Crippen LogP contribution in [0, 0.1) is 0 Å². The lowest BCUT2D eigenvalue weighted by atomic mass is 9.77. The standard InChI is InChI=1S/C26H29F5N8O2/c1-25(41)8-16(9-25)33-24-34-22(37-11-18(12-37)38-6-5-36(13-20(27)28)14-21(38)40)19-10-32-39(23(19)35-24)17-4-2-3-15(7-17)26(29,30)31/h2-4,7,10,16,18,20,41H,5-6,8-9,11-14H2,1H3,(H,33,34,35)/t16-,25-. The van der Waals surface area contributed by atoms with E-state index in [0.29, 0.717) is 55.9 Å². The van der Waals surface area contributed by atoms with Crippen LogP contribution in [0.3, 0.4) is 0 Å². The largest absolute Gasteiger partial charge is 0.416 e. The minimum Gasteiger partial charge on any atom is -0.390 e. The summed E-state index contributed by atoms with van der Waals surface area (Å²) in [5, 5.41) is 18.2. The molecule has 15 heteroatoms. The number of alkyl halides is 5. The number of nitrogens with one attached hydrogen (secondary N) is 1. The van der Waals surface area contributed by atoms with Crippen LogP contribution < -0.4 is 10.2 Å². The van der Waals surface area contributed by atoms with Crippen molar-refractivity contribution in [2.24, 2.45) is 0 Å². The lowest BCUT2D eigenvalue weighted by Gasteiger charge is -2.48. The Labute approximate surface area is 231 Å². The molecule has 3 fully saturated rings. The van der Waals surface area contributed by atoms with Crippen molar-refractivity contribution in [1.82, 2.24) is 29.5 Å². The first-order valence-corrected chi connectivity index (χ1v) is 13.3. The van der Waals surface area contributed by atoms with Crippen molar-refractivity contribution < 1.29 is 31.9 Å². The summed E-state index contributed by atoms with van der Waals surface area (Å²) >= 11 is 0. The molecule has 2 aliphatic heterocycles. The number of amides is 1. The summed E-state index contributed by atoms with van der Waals surface area (Å²) in [6.07, 6.45) is -4.55. The highest BCUT2D eigenvalue weighted by Gasteiger charge is 2.41. The maximum Gasteiger partial charge on any atom is 0.416 e. The lowest BCUT2D eigenvalue weighted by molar-refractivity contribution is -0.140. The quantitative estimate of drug-likeness (QED) is 0.412. The molecule has 1 aromatic carbocycles. The summed E-state index contributed by atoms with van der Waals surface area (Å²) in [6, 6.07) is 4.60. The Morgan fingerprint density at radius 3 is 2.59 bits per heavy atom. The SMILES string of the molecule is C[C@]1(O)C[C@H](Nc2nc(N3CC(N4CCN(CC(F)F)CC4=O)C3)c3cnn(-c4cccc(C(F)(F)F)c4)c3n2)C1. The number of hydrogen-bond donors (Lipinski definition) is 2. The van der Waals surface area contributed by atoms with Gasteiger partial charge in [-0.25, -0.2) is 13.5 Å². The highest BCUT2D eigenvalue weighted by atomic mass is 19.4. The number of carbonyl (C=O) groups is 1. The number of rotatable bonds is 7. The predicted molar refractivity (Wildman–Crippen MR) is 139 cm³/mol. The Morgan fingerprint density at radius 1 is 1.17 bits per heavy atom. The third-order valence-corrected chi connectivity index (χ3v) is 7.87. The Balaban J connectivity index is 1.27. The monoisotopic (exact) mass is 580 g/mol. The van der Waals surface area contributed by atoms with E-state index < -0.39 is 30.3 Å². The molecule has 0 radical (unpaired) electrons. The summed E-state index contributed by atoms with van der Waals surface area (Å²) in [5.74, 6) is 0.565. The number of aliphatic hydroxyl groups is 1. The van der Waals surface area contributed by atoms with Crippen LogP contribution in [0.2, 0.25) is 0 Å².